The van der Waals surface area contributed by atoms with Crippen molar-refractivity contribution in [2.45, 2.75) is 16.7 Å². The third-order valence-corrected chi connectivity index (χ3v) is 4.67. The Kier molecular flexibility index (Phi) is 7.61. The standard InChI is InChI=1S/C18H21F2N3S2/c1-23(2)16(13-6-4-3-5-7-13)12-21-18(24)22-14-8-10-15(11-9-14)25-17(19)20/h3-11,16-17H,12H2,1-2H3,(H2,21,22,24)/p+1/t16-/m1/s1. The molecule has 0 aliphatic heterocycles. The van der Waals surface area contributed by atoms with Crippen LogP contribution in [-0.2, 0) is 0 Å². The SMILES string of the molecule is C[NH+](C)[C@H](CNC(=S)Nc1ccc(SC(F)F)cc1)c1ccccc1. The molecule has 0 aliphatic carbocycles. The van der Waals surface area contributed by atoms with Crippen molar-refractivity contribution in [3.63, 3.8) is 0 Å². The molecule has 25 heavy (non-hydrogen) atoms. The van der Waals surface area contributed by atoms with E-state index in [4.69, 9.17) is 12.2 Å². The predicted molar refractivity (Wildman–Crippen MR) is 105 cm³/mol. The van der Waals surface area contributed by atoms with E-state index in [0.717, 1.165) is 5.69 Å². The van der Waals surface area contributed by atoms with Crippen LogP contribution in [-0.4, -0.2) is 31.5 Å². The molecular formula is C18H22F2N3S2+. The van der Waals surface area contributed by atoms with Crippen molar-refractivity contribution in [1.29, 1.82) is 0 Å². The highest BCUT2D eigenvalue weighted by molar-refractivity contribution is 7.99. The number of thioether (sulfide) groups is 1. The molecule has 0 spiro atoms. The maximum absolute atomic E-state index is 12.3. The Morgan fingerprint density at radius 2 is 1.72 bits per heavy atom. The zero-order valence-corrected chi connectivity index (χ0v) is 15.8. The van der Waals surface area contributed by atoms with Crippen LogP contribution in [0.5, 0.6) is 0 Å². The highest BCUT2D eigenvalue weighted by Crippen LogP contribution is 2.26. The van der Waals surface area contributed by atoms with Gasteiger partial charge in [0.15, 0.2) is 5.11 Å². The Morgan fingerprint density at radius 3 is 2.28 bits per heavy atom. The molecule has 1 atom stereocenters. The lowest BCUT2D eigenvalue weighted by atomic mass is 10.1. The van der Waals surface area contributed by atoms with Crippen molar-refractivity contribution in [2.75, 3.05) is 26.0 Å². The third-order valence-electron chi connectivity index (χ3n) is 3.70. The van der Waals surface area contributed by atoms with Gasteiger partial charge >= 0.3 is 0 Å². The summed E-state index contributed by atoms with van der Waals surface area (Å²) in [7, 11) is 4.21. The zero-order valence-electron chi connectivity index (χ0n) is 14.1. The Morgan fingerprint density at radius 1 is 1.08 bits per heavy atom. The molecule has 0 aliphatic rings. The monoisotopic (exact) mass is 382 g/mol. The second kappa shape index (κ2) is 9.70. The van der Waals surface area contributed by atoms with Crippen LogP contribution in [0.1, 0.15) is 11.6 Å². The molecule has 0 radical (unpaired) electrons. The van der Waals surface area contributed by atoms with Gasteiger partial charge in [-0.15, -0.1) is 0 Å². The summed E-state index contributed by atoms with van der Waals surface area (Å²) in [5.74, 6) is -2.41. The number of halogens is 2. The minimum atomic E-state index is -2.41. The summed E-state index contributed by atoms with van der Waals surface area (Å²) in [6, 6.07) is 17.3. The quantitative estimate of drug-likeness (QED) is 0.507. The van der Waals surface area contributed by atoms with Gasteiger partial charge in [0.25, 0.3) is 5.76 Å². The number of alkyl halides is 2. The molecule has 3 N–H and O–H groups in total. The molecule has 0 fully saturated rings. The fraction of sp³-hybridized carbons (Fsp3) is 0.278. The first-order chi connectivity index (χ1) is 12.0. The number of quaternary nitrogens is 1. The highest BCUT2D eigenvalue weighted by Gasteiger charge is 2.17. The summed E-state index contributed by atoms with van der Waals surface area (Å²) < 4.78 is 24.7. The van der Waals surface area contributed by atoms with Crippen LogP contribution in [0.25, 0.3) is 0 Å². The molecule has 2 aromatic carbocycles. The summed E-state index contributed by atoms with van der Waals surface area (Å²) in [6.07, 6.45) is 0. The van der Waals surface area contributed by atoms with Gasteiger partial charge in [-0.2, -0.15) is 8.78 Å². The number of rotatable bonds is 7. The minimum Gasteiger partial charge on any atom is -0.356 e. The number of hydrogen-bond acceptors (Lipinski definition) is 2. The van der Waals surface area contributed by atoms with Gasteiger partial charge in [0.1, 0.15) is 6.04 Å². The number of benzene rings is 2. The van der Waals surface area contributed by atoms with Gasteiger partial charge < -0.3 is 15.5 Å². The van der Waals surface area contributed by atoms with E-state index in [-0.39, 0.29) is 6.04 Å². The Balaban J connectivity index is 1.89. The smallest absolute Gasteiger partial charge is 0.288 e. The lowest BCUT2D eigenvalue weighted by Gasteiger charge is -2.23. The van der Waals surface area contributed by atoms with Crippen LogP contribution < -0.4 is 15.5 Å². The summed E-state index contributed by atoms with van der Waals surface area (Å²) in [4.78, 5) is 1.83. The van der Waals surface area contributed by atoms with E-state index in [2.05, 4.69) is 36.9 Å². The van der Waals surface area contributed by atoms with Gasteiger partial charge in [-0.3, -0.25) is 0 Å². The van der Waals surface area contributed by atoms with Crippen molar-refractivity contribution >= 4 is 34.8 Å². The largest absolute Gasteiger partial charge is 0.356 e. The van der Waals surface area contributed by atoms with Crippen LogP contribution in [0.2, 0.25) is 0 Å². The number of anilines is 1. The van der Waals surface area contributed by atoms with E-state index in [9.17, 15) is 8.78 Å². The van der Waals surface area contributed by atoms with E-state index >= 15 is 0 Å². The van der Waals surface area contributed by atoms with Crippen LogP contribution in [0.3, 0.4) is 0 Å². The van der Waals surface area contributed by atoms with E-state index in [1.54, 1.807) is 24.3 Å². The number of nitrogens with one attached hydrogen (secondary N) is 3. The molecule has 3 nitrogen and oxygen atoms in total. The summed E-state index contributed by atoms with van der Waals surface area (Å²) >= 11 is 5.87. The molecule has 0 aromatic heterocycles. The molecular weight excluding hydrogens is 360 g/mol. The Labute approximate surface area is 156 Å². The highest BCUT2D eigenvalue weighted by atomic mass is 32.2. The first-order valence-corrected chi connectivity index (χ1v) is 9.19. The fourth-order valence-electron chi connectivity index (χ4n) is 2.43. The van der Waals surface area contributed by atoms with Gasteiger partial charge in [-0.25, -0.2) is 0 Å². The topological polar surface area (TPSA) is 28.5 Å². The minimum absolute atomic E-state index is 0.269. The summed E-state index contributed by atoms with van der Waals surface area (Å²) in [5.41, 5.74) is 2.01. The van der Waals surface area contributed by atoms with Crippen LogP contribution in [0.15, 0.2) is 59.5 Å². The number of likely N-dealkylation sites (N-methyl/N-ethyl adjacent to an activating group) is 1. The average Bonchev–Trinajstić information content (AvgIpc) is 2.57. The fourth-order valence-corrected chi connectivity index (χ4v) is 3.13. The van der Waals surface area contributed by atoms with Gasteiger partial charge in [-0.1, -0.05) is 42.1 Å². The van der Waals surface area contributed by atoms with Crippen molar-refractivity contribution < 1.29 is 13.7 Å². The van der Waals surface area contributed by atoms with Crippen LogP contribution in [0, 0.1) is 0 Å². The molecule has 0 saturated heterocycles. The first-order valence-electron chi connectivity index (χ1n) is 7.90. The lowest BCUT2D eigenvalue weighted by molar-refractivity contribution is -0.890. The molecule has 2 rings (SSSR count). The molecule has 0 heterocycles. The molecule has 7 heteroatoms. The van der Waals surface area contributed by atoms with E-state index in [1.807, 2.05) is 18.2 Å². The first kappa shape index (κ1) is 19.6. The predicted octanol–water partition coefficient (Wildman–Crippen LogP) is 3.17. The van der Waals surface area contributed by atoms with E-state index in [1.165, 1.54) is 10.5 Å². The molecule has 0 bridgehead atoms. The maximum Gasteiger partial charge on any atom is 0.288 e. The van der Waals surface area contributed by atoms with Crippen LogP contribution in [0.4, 0.5) is 14.5 Å². The maximum atomic E-state index is 12.3. The molecule has 134 valence electrons. The molecule has 0 amide bonds. The Bertz CT molecular complexity index is 664. The number of hydrogen-bond donors (Lipinski definition) is 3. The van der Waals surface area contributed by atoms with E-state index < -0.39 is 5.76 Å². The average molecular weight is 383 g/mol. The second-order valence-corrected chi connectivity index (χ2v) is 7.25. The normalized spacial score (nSPS) is 12.2. The van der Waals surface area contributed by atoms with E-state index in [0.29, 0.717) is 28.3 Å². The third kappa shape index (κ3) is 6.61. The van der Waals surface area contributed by atoms with Gasteiger partial charge in [0.05, 0.1) is 20.6 Å². The second-order valence-electron chi connectivity index (χ2n) is 5.78. The van der Waals surface area contributed by atoms with Crippen molar-refractivity contribution in [2.24, 2.45) is 0 Å². The van der Waals surface area contributed by atoms with Crippen molar-refractivity contribution in [1.82, 2.24) is 5.32 Å². The van der Waals surface area contributed by atoms with Crippen molar-refractivity contribution in [3.05, 3.63) is 60.2 Å². The molecule has 2 aromatic rings. The zero-order chi connectivity index (χ0) is 18.2. The van der Waals surface area contributed by atoms with Gasteiger partial charge in [0.2, 0.25) is 0 Å². The van der Waals surface area contributed by atoms with Gasteiger partial charge in [0, 0.05) is 16.1 Å². The lowest BCUT2D eigenvalue weighted by Crippen LogP contribution is -3.07. The summed E-state index contributed by atoms with van der Waals surface area (Å²) in [5, 5.41) is 6.83. The Hall–Kier alpha value is -1.70. The van der Waals surface area contributed by atoms with Crippen molar-refractivity contribution in [3.8, 4) is 0 Å². The molecule has 0 unspecified atom stereocenters. The van der Waals surface area contributed by atoms with Crippen LogP contribution >= 0.6 is 24.0 Å². The molecule has 0 saturated carbocycles. The van der Waals surface area contributed by atoms with Gasteiger partial charge in [-0.05, 0) is 36.5 Å². The number of thiocarbonyl (C=S) groups is 1. The summed E-state index contributed by atoms with van der Waals surface area (Å²) in [6.45, 7) is 0.692.